The van der Waals surface area contributed by atoms with Crippen LogP contribution in [-0.2, 0) is 14.4 Å². The van der Waals surface area contributed by atoms with Gasteiger partial charge in [-0.25, -0.2) is 14.4 Å². The Morgan fingerprint density at radius 1 is 1.14 bits per heavy atom. The van der Waals surface area contributed by atoms with E-state index in [9.17, 15) is 18.8 Å². The number of anilines is 3. The molecule has 0 spiro atoms. The van der Waals surface area contributed by atoms with Gasteiger partial charge in [-0.05, 0) is 56.5 Å². The summed E-state index contributed by atoms with van der Waals surface area (Å²) in [4.78, 5) is 50.3. The molecular formula is C30H38BrClFN7O4. The molecule has 4 N–H and O–H groups in total. The Morgan fingerprint density at radius 3 is 2.50 bits per heavy atom. The minimum absolute atomic E-state index is 0. The zero-order valence-corrected chi connectivity index (χ0v) is 27.9. The fraction of sp³-hybridized carbons (Fsp3) is 0.433. The summed E-state index contributed by atoms with van der Waals surface area (Å²) in [7, 11) is 3.15. The van der Waals surface area contributed by atoms with Gasteiger partial charge in [-0.2, -0.15) is 0 Å². The van der Waals surface area contributed by atoms with E-state index in [1.54, 1.807) is 38.2 Å². The third-order valence-corrected chi connectivity index (χ3v) is 7.96. The molecule has 0 unspecified atom stereocenters. The summed E-state index contributed by atoms with van der Waals surface area (Å²) >= 11 is 3.25. The Labute approximate surface area is 270 Å². The SMILES string of the molecule is CN[C@@H](C)C(=O)N[C@H](C(=O)N1CCC[C@H]1C(=O)Nc1cc2c(Nc3ccc(Br)cc3F)ncnc2cc1OC)C(C)(C)C.Cl. The second-order valence-electron chi connectivity index (χ2n) is 11.5. The lowest BCUT2D eigenvalue weighted by molar-refractivity contribution is -0.143. The number of likely N-dealkylation sites (N-methyl/N-ethyl adjacent to an activating group) is 1. The molecule has 1 aromatic heterocycles. The van der Waals surface area contributed by atoms with Crippen LogP contribution >= 0.6 is 28.3 Å². The van der Waals surface area contributed by atoms with Gasteiger partial charge in [-0.15, -0.1) is 12.4 Å². The van der Waals surface area contributed by atoms with Gasteiger partial charge < -0.3 is 30.9 Å². The average Bonchev–Trinajstić information content (AvgIpc) is 3.46. The Bertz CT molecular complexity index is 1540. The first-order chi connectivity index (χ1) is 20.3. The molecule has 44 heavy (non-hydrogen) atoms. The van der Waals surface area contributed by atoms with Crippen LogP contribution < -0.4 is 26.0 Å². The van der Waals surface area contributed by atoms with E-state index in [1.807, 2.05) is 20.8 Å². The van der Waals surface area contributed by atoms with E-state index in [1.165, 1.54) is 24.4 Å². The number of fused-ring (bicyclic) bond motifs is 1. The number of nitrogens with one attached hydrogen (secondary N) is 4. The van der Waals surface area contributed by atoms with Crippen molar-refractivity contribution in [1.82, 2.24) is 25.5 Å². The minimum atomic E-state index is -0.829. The zero-order chi connectivity index (χ0) is 31.5. The van der Waals surface area contributed by atoms with Crippen molar-refractivity contribution < 1.29 is 23.5 Å². The van der Waals surface area contributed by atoms with Gasteiger partial charge in [-0.1, -0.05) is 36.7 Å². The lowest BCUT2D eigenvalue weighted by atomic mass is 9.85. The Hall–Kier alpha value is -3.55. The van der Waals surface area contributed by atoms with Crippen molar-refractivity contribution in [2.45, 2.75) is 58.7 Å². The van der Waals surface area contributed by atoms with Gasteiger partial charge in [0.15, 0.2) is 0 Å². The number of amides is 3. The number of hydrogen-bond acceptors (Lipinski definition) is 8. The summed E-state index contributed by atoms with van der Waals surface area (Å²) < 4.78 is 20.7. The summed E-state index contributed by atoms with van der Waals surface area (Å²) in [6, 6.07) is 5.87. The number of likely N-dealkylation sites (tertiary alicyclic amines) is 1. The molecule has 11 nitrogen and oxygen atoms in total. The highest BCUT2D eigenvalue weighted by Gasteiger charge is 2.42. The standard InChI is InChI=1S/C30H37BrFN7O4.ClH/c1-16(33-5)27(40)38-25(30(2,3)4)29(42)39-11-7-8-23(39)28(41)37-22-13-18-21(14-24(22)43-6)34-15-35-26(18)36-20-10-9-17(31)12-19(20)32;/h9-10,12-16,23,25,33H,7-8,11H2,1-6H3,(H,37,41)(H,38,40)(H,34,35,36);1H/t16-,23-,25+;/m0./s1. The molecule has 2 aromatic carbocycles. The van der Waals surface area contributed by atoms with E-state index in [4.69, 9.17) is 4.74 Å². The second kappa shape index (κ2) is 14.5. The minimum Gasteiger partial charge on any atom is -0.494 e. The van der Waals surface area contributed by atoms with Crippen LogP contribution in [0.5, 0.6) is 5.75 Å². The van der Waals surface area contributed by atoms with Crippen LogP contribution in [0.3, 0.4) is 0 Å². The fourth-order valence-corrected chi connectivity index (χ4v) is 5.23. The lowest BCUT2D eigenvalue weighted by Gasteiger charge is -2.36. The maximum Gasteiger partial charge on any atom is 0.247 e. The van der Waals surface area contributed by atoms with E-state index in [2.05, 4.69) is 47.2 Å². The molecule has 238 valence electrons. The molecule has 1 aliphatic heterocycles. The van der Waals surface area contributed by atoms with E-state index in [0.717, 1.165) is 0 Å². The van der Waals surface area contributed by atoms with Crippen LogP contribution in [0.1, 0.15) is 40.5 Å². The van der Waals surface area contributed by atoms with Gasteiger partial charge in [0.05, 0.1) is 30.0 Å². The summed E-state index contributed by atoms with van der Waals surface area (Å²) in [5, 5.41) is 12.2. The van der Waals surface area contributed by atoms with E-state index >= 15 is 0 Å². The zero-order valence-electron chi connectivity index (χ0n) is 25.5. The molecule has 1 fully saturated rings. The largest absolute Gasteiger partial charge is 0.494 e. The number of carbonyl (C=O) groups is 3. The summed E-state index contributed by atoms with van der Waals surface area (Å²) in [6.07, 6.45) is 2.45. The van der Waals surface area contributed by atoms with Crippen LogP contribution in [0.4, 0.5) is 21.6 Å². The quantitative estimate of drug-likeness (QED) is 0.252. The fourth-order valence-electron chi connectivity index (χ4n) is 4.90. The molecule has 0 saturated carbocycles. The Morgan fingerprint density at radius 2 is 1.86 bits per heavy atom. The van der Waals surface area contributed by atoms with Gasteiger partial charge in [0.1, 0.15) is 35.8 Å². The molecule has 1 aliphatic rings. The van der Waals surface area contributed by atoms with Crippen LogP contribution in [0.2, 0.25) is 0 Å². The lowest BCUT2D eigenvalue weighted by Crippen LogP contribution is -2.59. The van der Waals surface area contributed by atoms with Gasteiger partial charge in [0, 0.05) is 22.5 Å². The maximum atomic E-state index is 14.6. The third kappa shape index (κ3) is 7.74. The number of methoxy groups -OCH3 is 1. The maximum absolute atomic E-state index is 14.6. The Balaban J connectivity index is 0.00000529. The second-order valence-corrected chi connectivity index (χ2v) is 12.5. The van der Waals surface area contributed by atoms with Crippen molar-refractivity contribution in [2.24, 2.45) is 5.41 Å². The first-order valence-corrected chi connectivity index (χ1v) is 14.8. The van der Waals surface area contributed by atoms with Crippen LogP contribution in [0.15, 0.2) is 41.1 Å². The number of ether oxygens (including phenoxy) is 1. The number of rotatable bonds is 9. The van der Waals surface area contributed by atoms with Crippen molar-refractivity contribution in [1.29, 1.82) is 0 Å². The van der Waals surface area contributed by atoms with Gasteiger partial charge in [-0.3, -0.25) is 14.4 Å². The highest BCUT2D eigenvalue weighted by atomic mass is 79.9. The third-order valence-electron chi connectivity index (χ3n) is 7.46. The van der Waals surface area contributed by atoms with E-state index in [-0.39, 0.29) is 29.9 Å². The number of nitrogens with zero attached hydrogens (tertiary/aromatic N) is 3. The molecule has 0 aliphatic carbocycles. The molecule has 1 saturated heterocycles. The predicted octanol–water partition coefficient (Wildman–Crippen LogP) is 4.77. The van der Waals surface area contributed by atoms with Gasteiger partial charge >= 0.3 is 0 Å². The number of aromatic nitrogens is 2. The van der Waals surface area contributed by atoms with Crippen LogP contribution in [0.25, 0.3) is 10.9 Å². The first kappa shape index (κ1) is 34.9. The van der Waals surface area contributed by atoms with Crippen LogP contribution in [0, 0.1) is 11.2 Å². The summed E-state index contributed by atoms with van der Waals surface area (Å²) in [5.41, 5.74) is 0.483. The molecule has 3 aromatic rings. The highest BCUT2D eigenvalue weighted by Crippen LogP contribution is 2.35. The molecule has 3 amide bonds. The molecule has 14 heteroatoms. The molecular weight excluding hydrogens is 657 g/mol. The number of halogens is 3. The first-order valence-electron chi connectivity index (χ1n) is 14.0. The smallest absolute Gasteiger partial charge is 0.247 e. The van der Waals surface area contributed by atoms with Gasteiger partial charge in [0.2, 0.25) is 17.7 Å². The summed E-state index contributed by atoms with van der Waals surface area (Å²) in [5.74, 6) is -0.787. The van der Waals surface area contributed by atoms with Crippen molar-refractivity contribution >= 4 is 74.2 Å². The summed E-state index contributed by atoms with van der Waals surface area (Å²) in [6.45, 7) is 7.72. The van der Waals surface area contributed by atoms with E-state index in [0.29, 0.717) is 52.0 Å². The molecule has 4 rings (SSSR count). The van der Waals surface area contributed by atoms with E-state index < -0.39 is 35.3 Å². The van der Waals surface area contributed by atoms with Crippen molar-refractivity contribution in [3.8, 4) is 5.75 Å². The highest BCUT2D eigenvalue weighted by molar-refractivity contribution is 9.10. The molecule has 0 bridgehead atoms. The van der Waals surface area contributed by atoms with Crippen LogP contribution in [-0.4, -0.2) is 71.4 Å². The molecule has 2 heterocycles. The monoisotopic (exact) mass is 693 g/mol. The molecule has 3 atom stereocenters. The molecule has 0 radical (unpaired) electrons. The topological polar surface area (TPSA) is 138 Å². The number of hydrogen-bond donors (Lipinski definition) is 4. The number of carbonyl (C=O) groups excluding carboxylic acids is 3. The van der Waals surface area contributed by atoms with Crippen molar-refractivity contribution in [3.05, 3.63) is 46.9 Å². The van der Waals surface area contributed by atoms with Crippen molar-refractivity contribution in [3.63, 3.8) is 0 Å². The van der Waals surface area contributed by atoms with Crippen molar-refractivity contribution in [2.75, 3.05) is 31.3 Å². The predicted molar refractivity (Wildman–Crippen MR) is 174 cm³/mol. The normalized spacial score (nSPS) is 16.1. The Kier molecular flexibility index (Phi) is 11.5. The van der Waals surface area contributed by atoms with Gasteiger partial charge in [0.25, 0.3) is 0 Å². The average molecular weight is 695 g/mol. The number of benzene rings is 2.